The Bertz CT molecular complexity index is 291. The maximum atomic E-state index is 11.1. The number of rotatable bonds is 5. The van der Waals surface area contributed by atoms with Gasteiger partial charge in [-0.3, -0.25) is 0 Å². The Balaban J connectivity index is 2.46. The topological polar surface area (TPSA) is 42.1 Å². The fourth-order valence-electron chi connectivity index (χ4n) is 1.38. The molecule has 1 rings (SSSR count). The summed E-state index contributed by atoms with van der Waals surface area (Å²) in [7, 11) is 1.39. The van der Waals surface area contributed by atoms with Gasteiger partial charge in [0.05, 0.1) is 7.11 Å². The molecule has 0 atom stereocenters. The van der Waals surface area contributed by atoms with E-state index < -0.39 is 0 Å². The van der Waals surface area contributed by atoms with E-state index in [1.165, 1.54) is 20.0 Å². The summed E-state index contributed by atoms with van der Waals surface area (Å²) in [6, 6.07) is 3.72. The Kier molecular flexibility index (Phi) is 4.23. The van der Waals surface area contributed by atoms with Crippen molar-refractivity contribution in [2.45, 2.75) is 32.6 Å². The second kappa shape index (κ2) is 5.47. The lowest BCUT2D eigenvalue weighted by molar-refractivity contribution is 0.0594. The first-order valence-electron chi connectivity index (χ1n) is 5.04. The zero-order valence-corrected chi connectivity index (χ0v) is 8.80. The van der Waals surface area contributed by atoms with Crippen LogP contribution in [0.1, 0.15) is 42.4 Å². The predicted molar refractivity (Wildman–Crippen MR) is 55.4 cm³/mol. The third-order valence-electron chi connectivity index (χ3n) is 2.20. The SMILES string of the molecule is CCCCCc1ccc(C(=O)OC)[nH]1. The number of hydrogen-bond acceptors (Lipinski definition) is 2. The van der Waals surface area contributed by atoms with Gasteiger partial charge in [0.15, 0.2) is 0 Å². The molecule has 0 spiro atoms. The number of ether oxygens (including phenoxy) is 1. The molecule has 0 unspecified atom stereocenters. The number of aryl methyl sites for hydroxylation is 1. The van der Waals surface area contributed by atoms with Crippen LogP contribution >= 0.6 is 0 Å². The molecule has 0 fully saturated rings. The molecular formula is C11H17NO2. The molecule has 0 bridgehead atoms. The van der Waals surface area contributed by atoms with Crippen molar-refractivity contribution in [1.29, 1.82) is 0 Å². The minimum Gasteiger partial charge on any atom is -0.464 e. The number of carbonyl (C=O) groups excluding carboxylic acids is 1. The molecule has 0 amide bonds. The summed E-state index contributed by atoms with van der Waals surface area (Å²) in [5.74, 6) is -0.299. The van der Waals surface area contributed by atoms with Gasteiger partial charge in [0.2, 0.25) is 0 Å². The molecule has 0 aliphatic rings. The van der Waals surface area contributed by atoms with E-state index in [1.807, 2.05) is 6.07 Å². The summed E-state index contributed by atoms with van der Waals surface area (Å²) in [6.45, 7) is 2.18. The van der Waals surface area contributed by atoms with Gasteiger partial charge in [0.25, 0.3) is 0 Å². The van der Waals surface area contributed by atoms with Crippen molar-refractivity contribution >= 4 is 5.97 Å². The number of aromatic nitrogens is 1. The van der Waals surface area contributed by atoms with E-state index in [0.717, 1.165) is 18.5 Å². The van der Waals surface area contributed by atoms with Gasteiger partial charge >= 0.3 is 5.97 Å². The standard InChI is InChI=1S/C11H17NO2/c1-3-4-5-6-9-7-8-10(12-9)11(13)14-2/h7-8,12H,3-6H2,1-2H3. The second-order valence-electron chi connectivity index (χ2n) is 3.35. The molecule has 1 aromatic rings. The predicted octanol–water partition coefficient (Wildman–Crippen LogP) is 2.53. The van der Waals surface area contributed by atoms with Crippen molar-refractivity contribution in [3.8, 4) is 0 Å². The Labute approximate surface area is 84.5 Å². The summed E-state index contributed by atoms with van der Waals surface area (Å²) < 4.78 is 4.61. The molecule has 78 valence electrons. The van der Waals surface area contributed by atoms with Crippen molar-refractivity contribution in [1.82, 2.24) is 4.98 Å². The summed E-state index contributed by atoms with van der Waals surface area (Å²) in [4.78, 5) is 14.2. The van der Waals surface area contributed by atoms with Crippen LogP contribution in [-0.2, 0) is 11.2 Å². The van der Waals surface area contributed by atoms with Crippen molar-refractivity contribution in [3.63, 3.8) is 0 Å². The lowest BCUT2D eigenvalue weighted by atomic mass is 10.2. The average Bonchev–Trinajstić information content (AvgIpc) is 2.66. The van der Waals surface area contributed by atoms with E-state index in [0.29, 0.717) is 5.69 Å². The number of carbonyl (C=O) groups is 1. The van der Waals surface area contributed by atoms with Crippen molar-refractivity contribution < 1.29 is 9.53 Å². The minimum atomic E-state index is -0.299. The van der Waals surface area contributed by atoms with Crippen LogP contribution in [0.2, 0.25) is 0 Å². The molecule has 1 heterocycles. The van der Waals surface area contributed by atoms with Crippen molar-refractivity contribution in [2.75, 3.05) is 7.11 Å². The van der Waals surface area contributed by atoms with Crippen molar-refractivity contribution in [2.24, 2.45) is 0 Å². The molecule has 0 aliphatic carbocycles. The fourth-order valence-corrected chi connectivity index (χ4v) is 1.38. The Morgan fingerprint density at radius 3 is 2.86 bits per heavy atom. The highest BCUT2D eigenvalue weighted by Gasteiger charge is 2.06. The number of hydrogen-bond donors (Lipinski definition) is 1. The first kappa shape index (κ1) is 10.8. The molecule has 0 aliphatic heterocycles. The lowest BCUT2D eigenvalue weighted by Gasteiger charge is -1.97. The average molecular weight is 195 g/mol. The molecule has 3 nitrogen and oxygen atoms in total. The van der Waals surface area contributed by atoms with E-state index in [1.54, 1.807) is 6.07 Å². The van der Waals surface area contributed by atoms with Crippen LogP contribution in [0.15, 0.2) is 12.1 Å². The number of unbranched alkanes of at least 4 members (excludes halogenated alkanes) is 2. The molecule has 0 radical (unpaired) electrons. The molecule has 1 aromatic heterocycles. The van der Waals surface area contributed by atoms with E-state index >= 15 is 0 Å². The maximum Gasteiger partial charge on any atom is 0.354 e. The number of H-pyrrole nitrogens is 1. The van der Waals surface area contributed by atoms with Crippen LogP contribution in [0.5, 0.6) is 0 Å². The summed E-state index contributed by atoms with van der Waals surface area (Å²) in [5, 5.41) is 0. The normalized spacial score (nSPS) is 10.1. The summed E-state index contributed by atoms with van der Waals surface area (Å²) in [6.07, 6.45) is 4.61. The summed E-state index contributed by atoms with van der Waals surface area (Å²) >= 11 is 0. The van der Waals surface area contributed by atoms with Gasteiger partial charge in [-0.15, -0.1) is 0 Å². The third-order valence-corrected chi connectivity index (χ3v) is 2.20. The van der Waals surface area contributed by atoms with Gasteiger partial charge in [-0.2, -0.15) is 0 Å². The van der Waals surface area contributed by atoms with Crippen LogP contribution in [-0.4, -0.2) is 18.1 Å². The number of aromatic amines is 1. The number of nitrogens with one attached hydrogen (secondary N) is 1. The van der Waals surface area contributed by atoms with E-state index in [9.17, 15) is 4.79 Å². The zero-order valence-electron chi connectivity index (χ0n) is 8.80. The van der Waals surface area contributed by atoms with Gasteiger partial charge in [-0.25, -0.2) is 4.79 Å². The fraction of sp³-hybridized carbons (Fsp3) is 0.545. The monoisotopic (exact) mass is 195 g/mol. The van der Waals surface area contributed by atoms with Crippen molar-refractivity contribution in [3.05, 3.63) is 23.5 Å². The molecule has 0 saturated heterocycles. The molecule has 1 N–H and O–H groups in total. The lowest BCUT2D eigenvalue weighted by Crippen LogP contribution is -2.01. The number of methoxy groups -OCH3 is 1. The van der Waals surface area contributed by atoms with E-state index in [2.05, 4.69) is 16.6 Å². The van der Waals surface area contributed by atoms with E-state index in [4.69, 9.17) is 0 Å². The minimum absolute atomic E-state index is 0.299. The van der Waals surface area contributed by atoms with Gasteiger partial charge in [-0.05, 0) is 25.0 Å². The quantitative estimate of drug-likeness (QED) is 0.579. The highest BCUT2D eigenvalue weighted by molar-refractivity contribution is 5.87. The Morgan fingerprint density at radius 2 is 2.21 bits per heavy atom. The molecular weight excluding hydrogens is 178 g/mol. The Morgan fingerprint density at radius 1 is 1.43 bits per heavy atom. The highest BCUT2D eigenvalue weighted by Crippen LogP contribution is 2.07. The second-order valence-corrected chi connectivity index (χ2v) is 3.35. The zero-order chi connectivity index (χ0) is 10.4. The number of esters is 1. The molecule has 0 aromatic carbocycles. The van der Waals surface area contributed by atoms with Gasteiger partial charge in [0, 0.05) is 5.69 Å². The molecule has 0 saturated carbocycles. The smallest absolute Gasteiger partial charge is 0.354 e. The van der Waals surface area contributed by atoms with Gasteiger partial charge in [0.1, 0.15) is 5.69 Å². The Hall–Kier alpha value is -1.25. The molecule has 14 heavy (non-hydrogen) atoms. The van der Waals surface area contributed by atoms with Crippen LogP contribution in [0, 0.1) is 0 Å². The van der Waals surface area contributed by atoms with Crippen LogP contribution < -0.4 is 0 Å². The van der Waals surface area contributed by atoms with Crippen LogP contribution in [0.25, 0.3) is 0 Å². The maximum absolute atomic E-state index is 11.1. The molecule has 3 heteroatoms. The largest absolute Gasteiger partial charge is 0.464 e. The van der Waals surface area contributed by atoms with Gasteiger partial charge in [-0.1, -0.05) is 19.8 Å². The van der Waals surface area contributed by atoms with Crippen LogP contribution in [0.3, 0.4) is 0 Å². The first-order chi connectivity index (χ1) is 6.77. The third kappa shape index (κ3) is 2.91. The highest BCUT2D eigenvalue weighted by atomic mass is 16.5. The van der Waals surface area contributed by atoms with Gasteiger partial charge < -0.3 is 9.72 Å². The van der Waals surface area contributed by atoms with E-state index in [-0.39, 0.29) is 5.97 Å². The van der Waals surface area contributed by atoms with Crippen LogP contribution in [0.4, 0.5) is 0 Å². The first-order valence-corrected chi connectivity index (χ1v) is 5.04. The summed E-state index contributed by atoms with van der Waals surface area (Å²) in [5.41, 5.74) is 1.65.